The van der Waals surface area contributed by atoms with Crippen LogP contribution in [-0.4, -0.2) is 24.9 Å². The third-order valence-electron chi connectivity index (χ3n) is 4.48. The first-order valence-electron chi connectivity index (χ1n) is 7.40. The Hall–Kier alpha value is -0.580. The van der Waals surface area contributed by atoms with Crippen molar-refractivity contribution in [3.8, 4) is 5.75 Å². The van der Waals surface area contributed by atoms with Gasteiger partial charge in [-0.05, 0) is 30.5 Å². The number of aliphatic hydroxyl groups excluding tert-OH is 1. The maximum Gasteiger partial charge on any atom is 0.127 e. The number of aliphatic hydroxyl groups is 1. The molecule has 0 atom stereocenters. The van der Waals surface area contributed by atoms with Gasteiger partial charge in [0.25, 0.3) is 0 Å². The number of hydrogen-bond acceptors (Lipinski definition) is 3. The van der Waals surface area contributed by atoms with Crippen molar-refractivity contribution in [2.24, 2.45) is 5.41 Å². The molecule has 0 fully saturated rings. The molecule has 0 saturated carbocycles. The Balaban J connectivity index is 2.01. The van der Waals surface area contributed by atoms with Gasteiger partial charge >= 0.3 is 0 Å². The minimum absolute atomic E-state index is 0.00393. The predicted octanol–water partition coefficient (Wildman–Crippen LogP) is 3.27. The summed E-state index contributed by atoms with van der Waals surface area (Å²) in [6, 6.07) is 4.26. The molecular formula is C16H24BrNO2. The van der Waals surface area contributed by atoms with E-state index in [1.54, 1.807) is 0 Å². The normalized spacial score (nSPS) is 14.2. The number of fused-ring (bicyclic) bond motifs is 1. The molecule has 0 amide bonds. The molecule has 2 N–H and O–H groups in total. The van der Waals surface area contributed by atoms with Crippen LogP contribution >= 0.6 is 15.9 Å². The third-order valence-corrected chi connectivity index (χ3v) is 4.93. The zero-order valence-corrected chi connectivity index (χ0v) is 13.9. The van der Waals surface area contributed by atoms with Crippen molar-refractivity contribution in [3.05, 3.63) is 27.7 Å². The zero-order chi connectivity index (χ0) is 14.6. The lowest BCUT2D eigenvalue weighted by atomic mass is 9.83. The van der Waals surface area contributed by atoms with Crippen LogP contribution in [0.1, 0.15) is 37.8 Å². The van der Waals surface area contributed by atoms with Crippen LogP contribution in [0.2, 0.25) is 0 Å². The van der Waals surface area contributed by atoms with Crippen molar-refractivity contribution in [2.45, 2.75) is 39.7 Å². The van der Waals surface area contributed by atoms with Gasteiger partial charge in [0.2, 0.25) is 0 Å². The van der Waals surface area contributed by atoms with E-state index in [2.05, 4.69) is 47.2 Å². The second kappa shape index (κ2) is 6.92. The Labute approximate surface area is 129 Å². The van der Waals surface area contributed by atoms with Gasteiger partial charge in [0.15, 0.2) is 0 Å². The van der Waals surface area contributed by atoms with E-state index in [0.717, 1.165) is 49.2 Å². The lowest BCUT2D eigenvalue weighted by Gasteiger charge is -2.29. The zero-order valence-electron chi connectivity index (χ0n) is 12.3. The second-order valence-corrected chi connectivity index (χ2v) is 6.54. The van der Waals surface area contributed by atoms with Crippen molar-refractivity contribution in [3.63, 3.8) is 0 Å². The first kappa shape index (κ1) is 15.8. The van der Waals surface area contributed by atoms with Crippen molar-refractivity contribution >= 4 is 15.9 Å². The lowest BCUT2D eigenvalue weighted by molar-refractivity contribution is 0.113. The van der Waals surface area contributed by atoms with Crippen LogP contribution in [-0.2, 0) is 13.0 Å². The Morgan fingerprint density at radius 3 is 2.75 bits per heavy atom. The van der Waals surface area contributed by atoms with Crippen LogP contribution in [0.25, 0.3) is 0 Å². The van der Waals surface area contributed by atoms with Gasteiger partial charge in [-0.2, -0.15) is 0 Å². The third kappa shape index (κ3) is 3.35. The SMILES string of the molecule is CCC(CC)(CO)CNCc1cc(Br)cc2c1OCC2. The predicted molar refractivity (Wildman–Crippen MR) is 85.1 cm³/mol. The highest BCUT2D eigenvalue weighted by Gasteiger charge is 2.25. The molecule has 0 spiro atoms. The fraction of sp³-hybridized carbons (Fsp3) is 0.625. The van der Waals surface area contributed by atoms with E-state index in [1.165, 1.54) is 11.1 Å². The average Bonchev–Trinajstić information content (AvgIpc) is 2.92. The van der Waals surface area contributed by atoms with Gasteiger partial charge in [-0.1, -0.05) is 29.8 Å². The standard InChI is InChI=1S/C16H24BrNO2/c1-3-16(4-2,11-19)10-18-9-13-8-14(17)7-12-5-6-20-15(12)13/h7-8,18-19H,3-6,9-11H2,1-2H3. The summed E-state index contributed by atoms with van der Waals surface area (Å²) < 4.78 is 6.85. The molecule has 0 aromatic heterocycles. The van der Waals surface area contributed by atoms with E-state index in [1.807, 2.05) is 0 Å². The molecule has 1 aliphatic heterocycles. The molecule has 3 nitrogen and oxygen atoms in total. The van der Waals surface area contributed by atoms with Crippen molar-refractivity contribution < 1.29 is 9.84 Å². The topological polar surface area (TPSA) is 41.5 Å². The fourth-order valence-corrected chi connectivity index (χ4v) is 3.27. The Morgan fingerprint density at radius 2 is 2.10 bits per heavy atom. The van der Waals surface area contributed by atoms with Gasteiger partial charge in [-0.3, -0.25) is 0 Å². The Morgan fingerprint density at radius 1 is 1.35 bits per heavy atom. The fourth-order valence-electron chi connectivity index (χ4n) is 2.72. The summed E-state index contributed by atoms with van der Waals surface area (Å²) in [5.74, 6) is 1.04. The molecule has 1 aliphatic rings. The Bertz CT molecular complexity index is 450. The molecule has 4 heteroatoms. The van der Waals surface area contributed by atoms with Crippen LogP contribution in [0.5, 0.6) is 5.75 Å². The summed E-state index contributed by atoms with van der Waals surface area (Å²) in [6.45, 7) is 6.91. The molecule has 20 heavy (non-hydrogen) atoms. The molecule has 0 bridgehead atoms. The molecule has 1 heterocycles. The molecule has 2 rings (SSSR count). The van der Waals surface area contributed by atoms with Gasteiger partial charge in [-0.25, -0.2) is 0 Å². The molecule has 0 unspecified atom stereocenters. The number of nitrogens with one attached hydrogen (secondary N) is 1. The highest BCUT2D eigenvalue weighted by atomic mass is 79.9. The smallest absolute Gasteiger partial charge is 0.127 e. The molecule has 1 aromatic carbocycles. The molecule has 1 aromatic rings. The summed E-state index contributed by atoms with van der Waals surface area (Å²) in [7, 11) is 0. The first-order chi connectivity index (χ1) is 9.64. The van der Waals surface area contributed by atoms with Crippen molar-refractivity contribution in [2.75, 3.05) is 19.8 Å². The molecular weight excluding hydrogens is 318 g/mol. The van der Waals surface area contributed by atoms with Crippen LogP contribution in [0.3, 0.4) is 0 Å². The summed E-state index contributed by atoms with van der Waals surface area (Å²) in [5, 5.41) is 13.1. The molecule has 0 radical (unpaired) electrons. The highest BCUT2D eigenvalue weighted by molar-refractivity contribution is 9.10. The van der Waals surface area contributed by atoms with E-state index in [-0.39, 0.29) is 12.0 Å². The van der Waals surface area contributed by atoms with Gasteiger partial charge in [0.05, 0.1) is 6.61 Å². The Kier molecular flexibility index (Phi) is 5.47. The average molecular weight is 342 g/mol. The lowest BCUT2D eigenvalue weighted by Crippen LogP contribution is -2.36. The van der Waals surface area contributed by atoms with E-state index >= 15 is 0 Å². The number of benzene rings is 1. The van der Waals surface area contributed by atoms with Crippen molar-refractivity contribution in [1.82, 2.24) is 5.32 Å². The van der Waals surface area contributed by atoms with Crippen LogP contribution in [0, 0.1) is 5.41 Å². The first-order valence-corrected chi connectivity index (χ1v) is 8.19. The highest BCUT2D eigenvalue weighted by Crippen LogP contribution is 2.33. The maximum atomic E-state index is 9.60. The second-order valence-electron chi connectivity index (χ2n) is 5.62. The molecule has 0 saturated heterocycles. The summed E-state index contributed by atoms with van der Waals surface area (Å²) in [5.41, 5.74) is 2.48. The number of rotatable bonds is 7. The number of ether oxygens (including phenoxy) is 1. The molecule has 112 valence electrons. The maximum absolute atomic E-state index is 9.60. The van der Waals surface area contributed by atoms with Crippen LogP contribution in [0.15, 0.2) is 16.6 Å². The summed E-state index contributed by atoms with van der Waals surface area (Å²) in [6.07, 6.45) is 2.96. The van der Waals surface area contributed by atoms with Gasteiger partial charge < -0.3 is 15.2 Å². The van der Waals surface area contributed by atoms with Gasteiger partial charge in [0.1, 0.15) is 5.75 Å². The van der Waals surface area contributed by atoms with Crippen molar-refractivity contribution in [1.29, 1.82) is 0 Å². The van der Waals surface area contributed by atoms with E-state index < -0.39 is 0 Å². The largest absolute Gasteiger partial charge is 0.493 e. The molecule has 0 aliphatic carbocycles. The van der Waals surface area contributed by atoms with Gasteiger partial charge in [-0.15, -0.1) is 0 Å². The van der Waals surface area contributed by atoms with E-state index in [4.69, 9.17) is 4.74 Å². The summed E-state index contributed by atoms with van der Waals surface area (Å²) in [4.78, 5) is 0. The van der Waals surface area contributed by atoms with Gasteiger partial charge in [0, 0.05) is 41.6 Å². The quantitative estimate of drug-likeness (QED) is 0.799. The monoisotopic (exact) mass is 341 g/mol. The number of hydrogen-bond donors (Lipinski definition) is 2. The van der Waals surface area contributed by atoms with E-state index in [9.17, 15) is 5.11 Å². The van der Waals surface area contributed by atoms with E-state index in [0.29, 0.717) is 0 Å². The minimum Gasteiger partial charge on any atom is -0.493 e. The summed E-state index contributed by atoms with van der Waals surface area (Å²) >= 11 is 3.56. The van der Waals surface area contributed by atoms with Crippen LogP contribution < -0.4 is 10.1 Å². The van der Waals surface area contributed by atoms with Crippen LogP contribution in [0.4, 0.5) is 0 Å². The number of halogens is 1. The minimum atomic E-state index is -0.00393.